The van der Waals surface area contributed by atoms with Crippen LogP contribution < -0.4 is 9.64 Å². The first-order valence-electron chi connectivity index (χ1n) is 9.59. The first kappa shape index (κ1) is 21.6. The molecule has 8 heteroatoms. The number of hydrogen-bond donors (Lipinski definition) is 0. The minimum absolute atomic E-state index is 0.0826. The second-order valence-corrected chi connectivity index (χ2v) is 9.31. The number of carbonyl (C=O) groups is 1. The lowest BCUT2D eigenvalue weighted by Crippen LogP contribution is -2.45. The fourth-order valence-electron chi connectivity index (χ4n) is 3.48. The van der Waals surface area contributed by atoms with Gasteiger partial charge in [-0.3, -0.25) is 4.79 Å². The molecule has 156 valence electrons. The van der Waals surface area contributed by atoms with E-state index in [4.69, 9.17) is 16.3 Å². The number of benzene rings is 2. The van der Waals surface area contributed by atoms with E-state index in [1.54, 1.807) is 18.0 Å². The van der Waals surface area contributed by atoms with E-state index in [1.807, 2.05) is 37.3 Å². The van der Waals surface area contributed by atoms with Gasteiger partial charge in [0.05, 0.1) is 22.4 Å². The molecule has 0 bridgehead atoms. The minimum Gasteiger partial charge on any atom is -0.492 e. The number of piperidine rings is 1. The van der Waals surface area contributed by atoms with Gasteiger partial charge in [0.1, 0.15) is 5.75 Å². The molecule has 2 aromatic rings. The predicted molar refractivity (Wildman–Crippen MR) is 114 cm³/mol. The van der Waals surface area contributed by atoms with Gasteiger partial charge < -0.3 is 9.64 Å². The summed E-state index contributed by atoms with van der Waals surface area (Å²) in [6, 6.07) is 13.8. The lowest BCUT2D eigenvalue weighted by molar-refractivity contribution is -0.123. The molecule has 1 fully saturated rings. The lowest BCUT2D eigenvalue weighted by atomic mass is 9.98. The van der Waals surface area contributed by atoms with E-state index >= 15 is 0 Å². The molecule has 0 aliphatic carbocycles. The Hall–Kier alpha value is -2.09. The Labute approximate surface area is 177 Å². The Kier molecular flexibility index (Phi) is 6.82. The second kappa shape index (κ2) is 9.15. The smallest absolute Gasteiger partial charge is 0.243 e. The molecule has 0 aromatic heterocycles. The maximum Gasteiger partial charge on any atom is 0.243 e. The van der Waals surface area contributed by atoms with Crippen LogP contribution in [0.4, 0.5) is 5.69 Å². The van der Waals surface area contributed by atoms with Crippen molar-refractivity contribution in [1.82, 2.24) is 4.31 Å². The molecular formula is C21H25ClN2O4S. The zero-order valence-corrected chi connectivity index (χ0v) is 18.1. The Bertz CT molecular complexity index is 966. The standard InChI is InChI=1S/C21H25ClN2O4S/c1-3-28-20-12-11-18(14-19(20)22)29(26,27)24-13-7-8-16(15-24)21(25)23(2)17-9-5-4-6-10-17/h4-6,9-12,14,16H,3,7-8,13,15H2,1-2H3. The van der Waals surface area contributed by atoms with Crippen molar-refractivity contribution in [3.05, 3.63) is 53.6 Å². The van der Waals surface area contributed by atoms with Crippen LogP contribution in [0.15, 0.2) is 53.4 Å². The molecule has 0 N–H and O–H groups in total. The van der Waals surface area contributed by atoms with Crippen molar-refractivity contribution in [1.29, 1.82) is 0 Å². The van der Waals surface area contributed by atoms with E-state index in [2.05, 4.69) is 0 Å². The van der Waals surface area contributed by atoms with Crippen molar-refractivity contribution < 1.29 is 17.9 Å². The SMILES string of the molecule is CCOc1ccc(S(=O)(=O)N2CCCC(C(=O)N(C)c3ccccc3)C2)cc1Cl. The Morgan fingerprint density at radius 3 is 2.62 bits per heavy atom. The third-order valence-electron chi connectivity index (χ3n) is 5.05. The summed E-state index contributed by atoms with van der Waals surface area (Å²) in [5, 5.41) is 0.251. The van der Waals surface area contributed by atoms with Crippen molar-refractivity contribution in [3.63, 3.8) is 0 Å². The maximum absolute atomic E-state index is 13.1. The molecule has 1 unspecified atom stereocenters. The number of anilines is 1. The van der Waals surface area contributed by atoms with Gasteiger partial charge >= 0.3 is 0 Å². The van der Waals surface area contributed by atoms with Crippen LogP contribution in [0.3, 0.4) is 0 Å². The topological polar surface area (TPSA) is 66.9 Å². The molecule has 1 aliphatic rings. The van der Waals surface area contributed by atoms with E-state index in [-0.39, 0.29) is 28.3 Å². The molecule has 29 heavy (non-hydrogen) atoms. The maximum atomic E-state index is 13.1. The molecule has 6 nitrogen and oxygen atoms in total. The van der Waals surface area contributed by atoms with Crippen molar-refractivity contribution in [2.45, 2.75) is 24.7 Å². The molecule has 0 radical (unpaired) electrons. The highest BCUT2D eigenvalue weighted by molar-refractivity contribution is 7.89. The quantitative estimate of drug-likeness (QED) is 0.690. The highest BCUT2D eigenvalue weighted by Gasteiger charge is 2.35. The molecule has 0 spiro atoms. The largest absolute Gasteiger partial charge is 0.492 e. The number of carbonyl (C=O) groups excluding carboxylic acids is 1. The molecule has 1 amide bonds. The number of rotatable bonds is 6. The summed E-state index contributed by atoms with van der Waals surface area (Å²) in [4.78, 5) is 14.6. The van der Waals surface area contributed by atoms with E-state index in [9.17, 15) is 13.2 Å². The summed E-state index contributed by atoms with van der Waals surface area (Å²) < 4.78 is 33.0. The number of ether oxygens (including phenoxy) is 1. The van der Waals surface area contributed by atoms with Gasteiger partial charge in [0, 0.05) is 25.8 Å². The first-order chi connectivity index (χ1) is 13.8. The van der Waals surface area contributed by atoms with Gasteiger partial charge in [-0.1, -0.05) is 29.8 Å². The molecule has 0 saturated carbocycles. The van der Waals surface area contributed by atoms with E-state index in [0.717, 1.165) is 5.69 Å². The average Bonchev–Trinajstić information content (AvgIpc) is 2.75. The van der Waals surface area contributed by atoms with Crippen LogP contribution >= 0.6 is 11.6 Å². The summed E-state index contributed by atoms with van der Waals surface area (Å²) in [5.41, 5.74) is 0.788. The fraction of sp³-hybridized carbons (Fsp3) is 0.381. The molecule has 1 atom stereocenters. The zero-order valence-electron chi connectivity index (χ0n) is 16.5. The van der Waals surface area contributed by atoms with Crippen LogP contribution in [0, 0.1) is 5.92 Å². The van der Waals surface area contributed by atoms with Gasteiger partial charge in [0.2, 0.25) is 15.9 Å². The van der Waals surface area contributed by atoms with Crippen LogP contribution in [0.2, 0.25) is 5.02 Å². The zero-order chi connectivity index (χ0) is 21.0. The molecular weight excluding hydrogens is 412 g/mol. The van der Waals surface area contributed by atoms with Crippen LogP contribution in [0.25, 0.3) is 0 Å². The van der Waals surface area contributed by atoms with E-state index in [0.29, 0.717) is 31.7 Å². The van der Waals surface area contributed by atoms with Crippen molar-refractivity contribution in [2.75, 3.05) is 31.6 Å². The third-order valence-corrected chi connectivity index (χ3v) is 7.20. The summed E-state index contributed by atoms with van der Waals surface area (Å²) in [7, 11) is -2.03. The number of nitrogens with zero attached hydrogens (tertiary/aromatic N) is 2. The van der Waals surface area contributed by atoms with Crippen molar-refractivity contribution >= 4 is 33.2 Å². The van der Waals surface area contributed by atoms with E-state index < -0.39 is 10.0 Å². The summed E-state index contributed by atoms with van der Waals surface area (Å²) in [6.07, 6.45) is 1.29. The molecule has 1 aliphatic heterocycles. The van der Waals surface area contributed by atoms with Crippen LogP contribution in [-0.4, -0.2) is 45.4 Å². The number of hydrogen-bond acceptors (Lipinski definition) is 4. The number of halogens is 1. The van der Waals surface area contributed by atoms with Crippen LogP contribution in [-0.2, 0) is 14.8 Å². The summed E-state index contributed by atoms with van der Waals surface area (Å²) in [5.74, 6) is -0.0213. The average molecular weight is 437 g/mol. The number of amides is 1. The summed E-state index contributed by atoms with van der Waals surface area (Å²) in [6.45, 7) is 2.81. The van der Waals surface area contributed by atoms with E-state index in [1.165, 1.54) is 16.4 Å². The molecule has 2 aromatic carbocycles. The van der Waals surface area contributed by atoms with Crippen LogP contribution in [0.1, 0.15) is 19.8 Å². The van der Waals surface area contributed by atoms with Gasteiger partial charge in [0.15, 0.2) is 0 Å². The highest BCUT2D eigenvalue weighted by Crippen LogP contribution is 2.31. The molecule has 1 heterocycles. The first-order valence-corrected chi connectivity index (χ1v) is 11.4. The normalized spacial score (nSPS) is 17.7. The molecule has 1 saturated heterocycles. The molecule has 3 rings (SSSR count). The van der Waals surface area contributed by atoms with Crippen molar-refractivity contribution in [3.8, 4) is 5.75 Å². The van der Waals surface area contributed by atoms with Gasteiger partial charge in [0.25, 0.3) is 0 Å². The Morgan fingerprint density at radius 2 is 1.97 bits per heavy atom. The second-order valence-electron chi connectivity index (χ2n) is 6.96. The van der Waals surface area contributed by atoms with Crippen LogP contribution in [0.5, 0.6) is 5.75 Å². The Morgan fingerprint density at radius 1 is 1.24 bits per heavy atom. The summed E-state index contributed by atoms with van der Waals surface area (Å²) >= 11 is 6.17. The van der Waals surface area contributed by atoms with Gasteiger partial charge in [-0.05, 0) is 50.1 Å². The minimum atomic E-state index is -3.75. The van der Waals surface area contributed by atoms with Crippen molar-refractivity contribution in [2.24, 2.45) is 5.92 Å². The number of sulfonamides is 1. The van der Waals surface area contributed by atoms with Gasteiger partial charge in [-0.2, -0.15) is 4.31 Å². The Balaban J connectivity index is 1.77. The lowest BCUT2D eigenvalue weighted by Gasteiger charge is -2.33. The fourth-order valence-corrected chi connectivity index (χ4v) is 5.33. The van der Waals surface area contributed by atoms with Gasteiger partial charge in [-0.25, -0.2) is 8.42 Å². The predicted octanol–water partition coefficient (Wildman–Crippen LogP) is 3.80. The van der Waals surface area contributed by atoms with Gasteiger partial charge in [-0.15, -0.1) is 0 Å². The number of para-hydroxylation sites is 1. The highest BCUT2D eigenvalue weighted by atomic mass is 35.5. The third kappa shape index (κ3) is 4.74. The monoisotopic (exact) mass is 436 g/mol.